The molecule has 0 aliphatic rings. The minimum atomic E-state index is -0.810. The number of amides is 1. The first-order valence-electron chi connectivity index (χ1n) is 5.91. The minimum absolute atomic E-state index is 0.00762. The third-order valence-electron chi connectivity index (χ3n) is 2.70. The van der Waals surface area contributed by atoms with Crippen LogP contribution in [0.4, 0.5) is 21.6 Å². The normalized spacial score (nSPS) is 10.0. The van der Waals surface area contributed by atoms with Gasteiger partial charge in [0.05, 0.1) is 16.7 Å². The average Bonchev–Trinajstić information content (AvgIpc) is 2.47. The topological polar surface area (TPSA) is 97.2 Å². The molecule has 0 fully saturated rings. The fourth-order valence-electron chi connectivity index (χ4n) is 1.71. The Balaban J connectivity index is 2.41. The van der Waals surface area contributed by atoms with Gasteiger partial charge in [-0.3, -0.25) is 14.9 Å². The van der Waals surface area contributed by atoms with Gasteiger partial charge < -0.3 is 10.6 Å². The molecule has 1 heterocycles. The molecule has 0 unspecified atom stereocenters. The minimum Gasteiger partial charge on any atom is -0.386 e. The Morgan fingerprint density at radius 1 is 1.38 bits per heavy atom. The number of benzene rings is 1. The number of nitro groups is 1. The number of halogens is 1. The van der Waals surface area contributed by atoms with Crippen LogP contribution in [0.15, 0.2) is 36.5 Å². The Labute approximate surface area is 119 Å². The largest absolute Gasteiger partial charge is 0.386 e. The fraction of sp³-hybridized carbons (Fsp3) is 0.0769. The van der Waals surface area contributed by atoms with E-state index < -0.39 is 22.3 Å². The predicted octanol–water partition coefficient (Wildman–Crippen LogP) is 2.42. The monoisotopic (exact) mass is 290 g/mol. The summed E-state index contributed by atoms with van der Waals surface area (Å²) >= 11 is 0. The van der Waals surface area contributed by atoms with Gasteiger partial charge >= 0.3 is 0 Å². The van der Waals surface area contributed by atoms with E-state index in [0.717, 1.165) is 6.07 Å². The maximum Gasteiger partial charge on any atom is 0.285 e. The molecule has 0 radical (unpaired) electrons. The van der Waals surface area contributed by atoms with Gasteiger partial charge in [0, 0.05) is 13.2 Å². The van der Waals surface area contributed by atoms with Crippen molar-refractivity contribution in [3.05, 3.63) is 58.0 Å². The van der Waals surface area contributed by atoms with Gasteiger partial charge in [-0.15, -0.1) is 0 Å². The zero-order chi connectivity index (χ0) is 15.4. The van der Waals surface area contributed by atoms with Crippen LogP contribution >= 0.6 is 0 Å². The molecule has 7 nitrogen and oxygen atoms in total. The number of nitrogens with zero attached hydrogens (tertiary/aromatic N) is 2. The van der Waals surface area contributed by atoms with Crippen LogP contribution in [0.1, 0.15) is 10.4 Å². The molecule has 0 spiro atoms. The highest BCUT2D eigenvalue weighted by atomic mass is 19.1. The number of pyridine rings is 1. The lowest BCUT2D eigenvalue weighted by molar-refractivity contribution is -0.385. The van der Waals surface area contributed by atoms with Crippen LogP contribution in [0.5, 0.6) is 0 Å². The second-order valence-corrected chi connectivity index (χ2v) is 4.03. The highest BCUT2D eigenvalue weighted by Gasteiger charge is 2.23. The molecule has 8 heteroatoms. The summed E-state index contributed by atoms with van der Waals surface area (Å²) in [5, 5.41) is 15.9. The Kier molecular flexibility index (Phi) is 4.07. The molecule has 2 aromatic rings. The quantitative estimate of drug-likeness (QED) is 0.665. The first-order valence-corrected chi connectivity index (χ1v) is 5.91. The van der Waals surface area contributed by atoms with E-state index in [2.05, 4.69) is 15.6 Å². The smallest absolute Gasteiger partial charge is 0.285 e. The second-order valence-electron chi connectivity index (χ2n) is 4.03. The molecule has 0 bridgehead atoms. The molecular formula is C13H11FN4O3. The third-order valence-corrected chi connectivity index (χ3v) is 2.70. The molecule has 0 saturated heterocycles. The second kappa shape index (κ2) is 5.95. The van der Waals surface area contributed by atoms with E-state index in [1.165, 1.54) is 19.3 Å². The van der Waals surface area contributed by atoms with E-state index in [4.69, 9.17) is 0 Å². The number of anilines is 2. The fourth-order valence-corrected chi connectivity index (χ4v) is 1.71. The first-order chi connectivity index (χ1) is 10.0. The zero-order valence-electron chi connectivity index (χ0n) is 11.0. The van der Waals surface area contributed by atoms with Gasteiger partial charge in [-0.2, -0.15) is 0 Å². The van der Waals surface area contributed by atoms with Gasteiger partial charge in [-0.05, 0) is 18.2 Å². The lowest BCUT2D eigenvalue weighted by Gasteiger charge is -2.08. The molecule has 1 aromatic heterocycles. The summed E-state index contributed by atoms with van der Waals surface area (Å²) < 4.78 is 13.6. The maximum atomic E-state index is 13.6. The number of nitro benzene ring substituents is 1. The van der Waals surface area contributed by atoms with Gasteiger partial charge in [0.25, 0.3) is 11.6 Å². The van der Waals surface area contributed by atoms with Crippen molar-refractivity contribution in [1.29, 1.82) is 0 Å². The van der Waals surface area contributed by atoms with Crippen LogP contribution in [0.25, 0.3) is 0 Å². The summed E-state index contributed by atoms with van der Waals surface area (Å²) in [4.78, 5) is 26.1. The number of carbonyl (C=O) groups is 1. The lowest BCUT2D eigenvalue weighted by atomic mass is 10.1. The highest BCUT2D eigenvalue weighted by molar-refractivity contribution is 6.07. The summed E-state index contributed by atoms with van der Waals surface area (Å²) in [5.74, 6) is -1.30. The summed E-state index contributed by atoms with van der Waals surface area (Å²) in [5.41, 5.74) is -0.872. The van der Waals surface area contributed by atoms with Crippen LogP contribution in [0, 0.1) is 15.9 Å². The van der Waals surface area contributed by atoms with E-state index >= 15 is 0 Å². The molecule has 1 amide bonds. The molecule has 1 aromatic carbocycles. The van der Waals surface area contributed by atoms with Crippen molar-refractivity contribution < 1.29 is 14.1 Å². The molecular weight excluding hydrogens is 279 g/mol. The number of nitrogens with one attached hydrogen (secondary N) is 2. The van der Waals surface area contributed by atoms with Crippen molar-refractivity contribution in [2.24, 2.45) is 0 Å². The van der Waals surface area contributed by atoms with Gasteiger partial charge in [0.1, 0.15) is 11.4 Å². The van der Waals surface area contributed by atoms with E-state index in [1.807, 2.05) is 0 Å². The first kappa shape index (κ1) is 14.4. The standard InChI is InChI=1S/C13H11FN4O3/c1-15-10-6-8(11(18(20)21)7-9(10)14)13(19)17-12-4-2-3-5-16-12/h2-7,15H,1H3,(H,16,17,19). The Hall–Kier alpha value is -3.03. The van der Waals surface area contributed by atoms with Crippen LogP contribution < -0.4 is 10.6 Å². The summed E-state index contributed by atoms with van der Waals surface area (Å²) in [7, 11) is 1.45. The molecule has 0 saturated carbocycles. The van der Waals surface area contributed by atoms with Crippen molar-refractivity contribution >= 4 is 23.1 Å². The Morgan fingerprint density at radius 3 is 2.71 bits per heavy atom. The summed E-state index contributed by atoms with van der Waals surface area (Å²) in [6, 6.07) is 6.65. The molecule has 108 valence electrons. The average molecular weight is 290 g/mol. The van der Waals surface area contributed by atoms with Crippen LogP contribution in [-0.4, -0.2) is 22.9 Å². The molecule has 21 heavy (non-hydrogen) atoms. The number of hydrogen-bond donors (Lipinski definition) is 2. The molecule has 2 rings (SSSR count). The maximum absolute atomic E-state index is 13.6. The highest BCUT2D eigenvalue weighted by Crippen LogP contribution is 2.26. The molecule has 0 aliphatic carbocycles. The predicted molar refractivity (Wildman–Crippen MR) is 74.8 cm³/mol. The zero-order valence-corrected chi connectivity index (χ0v) is 11.0. The van der Waals surface area contributed by atoms with Gasteiger partial charge in [-0.25, -0.2) is 9.37 Å². The van der Waals surface area contributed by atoms with Crippen molar-refractivity contribution in [3.63, 3.8) is 0 Å². The summed E-state index contributed by atoms with van der Waals surface area (Å²) in [6.45, 7) is 0. The Bertz CT molecular complexity index is 691. The summed E-state index contributed by atoms with van der Waals surface area (Å²) in [6.07, 6.45) is 1.47. The third kappa shape index (κ3) is 3.11. The van der Waals surface area contributed by atoms with Gasteiger partial charge in [0.2, 0.25) is 0 Å². The van der Waals surface area contributed by atoms with Crippen molar-refractivity contribution in [2.45, 2.75) is 0 Å². The molecule has 0 aliphatic heterocycles. The van der Waals surface area contributed by atoms with E-state index in [9.17, 15) is 19.3 Å². The molecule has 2 N–H and O–H groups in total. The Morgan fingerprint density at radius 2 is 2.14 bits per heavy atom. The number of carbonyl (C=O) groups excluding carboxylic acids is 1. The van der Waals surface area contributed by atoms with Gasteiger partial charge in [-0.1, -0.05) is 6.07 Å². The van der Waals surface area contributed by atoms with Crippen LogP contribution in [-0.2, 0) is 0 Å². The van der Waals surface area contributed by atoms with E-state index in [-0.39, 0.29) is 17.1 Å². The van der Waals surface area contributed by atoms with Crippen molar-refractivity contribution in [3.8, 4) is 0 Å². The SMILES string of the molecule is CNc1cc(C(=O)Nc2ccccn2)c([N+](=O)[O-])cc1F. The van der Waals surface area contributed by atoms with Crippen LogP contribution in [0.3, 0.4) is 0 Å². The van der Waals surface area contributed by atoms with Gasteiger partial charge in [0.15, 0.2) is 5.82 Å². The van der Waals surface area contributed by atoms with E-state index in [0.29, 0.717) is 6.07 Å². The number of hydrogen-bond acceptors (Lipinski definition) is 5. The van der Waals surface area contributed by atoms with Crippen molar-refractivity contribution in [2.75, 3.05) is 17.7 Å². The number of rotatable bonds is 4. The lowest BCUT2D eigenvalue weighted by Crippen LogP contribution is -2.15. The number of aromatic nitrogens is 1. The van der Waals surface area contributed by atoms with Crippen LogP contribution in [0.2, 0.25) is 0 Å². The van der Waals surface area contributed by atoms with E-state index in [1.54, 1.807) is 12.1 Å². The molecule has 0 atom stereocenters. The van der Waals surface area contributed by atoms with Crippen molar-refractivity contribution in [1.82, 2.24) is 4.98 Å².